The van der Waals surface area contributed by atoms with Gasteiger partial charge < -0.3 is 14.8 Å². The number of methoxy groups -OCH3 is 2. The van der Waals surface area contributed by atoms with Gasteiger partial charge in [0.15, 0.2) is 11.5 Å². The average Bonchev–Trinajstić information content (AvgIpc) is 2.63. The van der Waals surface area contributed by atoms with Crippen LogP contribution in [0.15, 0.2) is 41.3 Å². The fourth-order valence-electron chi connectivity index (χ4n) is 2.67. The number of hydrogen-bond donors (Lipinski definition) is 1. The SMILES string of the molecule is COc1cc(CNC(=O)c2ccc(C(C)(C)C)cc2)c(S(=O)(=O)Cl)cc1OC. The molecule has 0 atom stereocenters. The van der Waals surface area contributed by atoms with Gasteiger partial charge in [0.2, 0.25) is 0 Å². The van der Waals surface area contributed by atoms with Gasteiger partial charge in [-0.2, -0.15) is 0 Å². The molecule has 28 heavy (non-hydrogen) atoms. The Bertz CT molecular complexity index is 963. The van der Waals surface area contributed by atoms with Crippen molar-refractivity contribution < 1.29 is 22.7 Å². The van der Waals surface area contributed by atoms with Crippen LogP contribution in [-0.2, 0) is 21.0 Å². The van der Waals surface area contributed by atoms with Crippen molar-refractivity contribution in [2.45, 2.75) is 37.6 Å². The molecule has 0 aliphatic carbocycles. The zero-order valence-electron chi connectivity index (χ0n) is 16.5. The maximum absolute atomic E-state index is 12.5. The maximum Gasteiger partial charge on any atom is 0.261 e. The average molecular weight is 426 g/mol. The Morgan fingerprint density at radius 2 is 1.57 bits per heavy atom. The van der Waals surface area contributed by atoms with Gasteiger partial charge in [-0.15, -0.1) is 0 Å². The summed E-state index contributed by atoms with van der Waals surface area (Å²) >= 11 is 0. The van der Waals surface area contributed by atoms with E-state index in [-0.39, 0.29) is 28.5 Å². The molecule has 8 heteroatoms. The fraction of sp³-hybridized carbons (Fsp3) is 0.350. The van der Waals surface area contributed by atoms with E-state index < -0.39 is 9.05 Å². The Labute approximate surface area is 170 Å². The van der Waals surface area contributed by atoms with Crippen LogP contribution in [0.25, 0.3) is 0 Å². The van der Waals surface area contributed by atoms with Crippen LogP contribution in [0.2, 0.25) is 0 Å². The largest absolute Gasteiger partial charge is 0.493 e. The Balaban J connectivity index is 2.27. The molecule has 0 saturated heterocycles. The van der Waals surface area contributed by atoms with E-state index in [1.54, 1.807) is 12.1 Å². The molecule has 0 aliphatic rings. The molecule has 0 aromatic heterocycles. The van der Waals surface area contributed by atoms with Crippen LogP contribution in [0, 0.1) is 0 Å². The van der Waals surface area contributed by atoms with Gasteiger partial charge in [-0.05, 0) is 34.7 Å². The van der Waals surface area contributed by atoms with Crippen LogP contribution >= 0.6 is 10.7 Å². The zero-order chi connectivity index (χ0) is 21.1. The minimum absolute atomic E-state index is 0.0156. The molecule has 0 fully saturated rings. The van der Waals surface area contributed by atoms with Gasteiger partial charge in [-0.25, -0.2) is 8.42 Å². The van der Waals surface area contributed by atoms with Crippen LogP contribution in [-0.4, -0.2) is 28.5 Å². The van der Waals surface area contributed by atoms with Crippen LogP contribution in [0.5, 0.6) is 11.5 Å². The fourth-order valence-corrected chi connectivity index (χ4v) is 3.79. The lowest BCUT2D eigenvalue weighted by atomic mass is 9.87. The van der Waals surface area contributed by atoms with E-state index in [0.29, 0.717) is 16.9 Å². The van der Waals surface area contributed by atoms with Gasteiger partial charge in [0, 0.05) is 28.9 Å². The van der Waals surface area contributed by atoms with Crippen LogP contribution < -0.4 is 14.8 Å². The Morgan fingerprint density at radius 3 is 2.04 bits per heavy atom. The molecule has 2 aromatic rings. The summed E-state index contributed by atoms with van der Waals surface area (Å²) in [7, 11) is 4.33. The summed E-state index contributed by atoms with van der Waals surface area (Å²) in [5.74, 6) is 0.244. The molecule has 6 nitrogen and oxygen atoms in total. The number of nitrogens with one attached hydrogen (secondary N) is 1. The maximum atomic E-state index is 12.5. The highest BCUT2D eigenvalue weighted by molar-refractivity contribution is 8.13. The summed E-state index contributed by atoms with van der Waals surface area (Å²) in [6.07, 6.45) is 0. The van der Waals surface area contributed by atoms with Gasteiger partial charge in [0.25, 0.3) is 15.0 Å². The predicted molar refractivity (Wildman–Crippen MR) is 109 cm³/mol. The number of benzene rings is 2. The van der Waals surface area contributed by atoms with Gasteiger partial charge in [-0.3, -0.25) is 4.79 Å². The third kappa shape index (κ3) is 5.17. The number of halogens is 1. The van der Waals surface area contributed by atoms with Crippen LogP contribution in [0.1, 0.15) is 42.3 Å². The number of ether oxygens (including phenoxy) is 2. The summed E-state index contributed by atoms with van der Waals surface area (Å²) in [6.45, 7) is 6.23. The van der Waals surface area contributed by atoms with Crippen molar-refractivity contribution >= 4 is 25.6 Å². The van der Waals surface area contributed by atoms with Crippen LogP contribution in [0.3, 0.4) is 0 Å². The second-order valence-corrected chi connectivity index (χ2v) is 9.80. The Morgan fingerprint density at radius 1 is 1.04 bits per heavy atom. The van der Waals surface area contributed by atoms with Crippen molar-refractivity contribution in [3.63, 3.8) is 0 Å². The molecule has 0 radical (unpaired) electrons. The van der Waals surface area contributed by atoms with E-state index in [2.05, 4.69) is 26.1 Å². The molecule has 0 bridgehead atoms. The minimum atomic E-state index is -4.04. The molecule has 2 aromatic carbocycles. The van der Waals surface area contributed by atoms with Gasteiger partial charge in [0.05, 0.1) is 19.1 Å². The molecule has 2 rings (SSSR count). The summed E-state index contributed by atoms with van der Waals surface area (Å²) in [6, 6.07) is 10.0. The zero-order valence-corrected chi connectivity index (χ0v) is 18.1. The predicted octanol–water partition coefficient (Wildman–Crippen LogP) is 3.86. The molecular formula is C20H24ClNO5S. The van der Waals surface area contributed by atoms with E-state index in [1.165, 1.54) is 26.4 Å². The summed E-state index contributed by atoms with van der Waals surface area (Å²) in [5, 5.41) is 2.72. The van der Waals surface area contributed by atoms with Gasteiger partial charge >= 0.3 is 0 Å². The molecule has 0 spiro atoms. The topological polar surface area (TPSA) is 81.7 Å². The van der Waals surface area contributed by atoms with Gasteiger partial charge in [0.1, 0.15) is 0 Å². The second kappa shape index (κ2) is 8.41. The van der Waals surface area contributed by atoms with Crippen molar-refractivity contribution in [2.24, 2.45) is 0 Å². The first-order valence-electron chi connectivity index (χ1n) is 8.55. The van der Waals surface area contributed by atoms with E-state index in [1.807, 2.05) is 12.1 Å². The quantitative estimate of drug-likeness (QED) is 0.710. The van der Waals surface area contributed by atoms with E-state index in [0.717, 1.165) is 5.56 Å². The van der Waals surface area contributed by atoms with E-state index in [4.69, 9.17) is 20.2 Å². The van der Waals surface area contributed by atoms with Crippen molar-refractivity contribution in [2.75, 3.05) is 14.2 Å². The molecule has 152 valence electrons. The van der Waals surface area contributed by atoms with E-state index in [9.17, 15) is 13.2 Å². The molecule has 1 amide bonds. The Hall–Kier alpha value is -2.25. The highest BCUT2D eigenvalue weighted by Gasteiger charge is 2.21. The first kappa shape index (κ1) is 22.0. The number of carbonyl (C=O) groups excluding carboxylic acids is 1. The molecular weight excluding hydrogens is 402 g/mol. The molecule has 0 aliphatic heterocycles. The van der Waals surface area contributed by atoms with Gasteiger partial charge in [-0.1, -0.05) is 32.9 Å². The molecule has 0 unspecified atom stereocenters. The number of carbonyl (C=O) groups is 1. The summed E-state index contributed by atoms with van der Waals surface area (Å²) < 4.78 is 34.2. The molecule has 0 heterocycles. The summed E-state index contributed by atoms with van der Waals surface area (Å²) in [4.78, 5) is 12.3. The lowest BCUT2D eigenvalue weighted by Crippen LogP contribution is -2.24. The third-order valence-corrected chi connectivity index (χ3v) is 5.69. The highest BCUT2D eigenvalue weighted by Crippen LogP contribution is 2.34. The first-order chi connectivity index (χ1) is 13.0. The summed E-state index contributed by atoms with van der Waals surface area (Å²) in [5.41, 5.74) is 1.87. The van der Waals surface area contributed by atoms with Crippen molar-refractivity contribution in [1.29, 1.82) is 0 Å². The minimum Gasteiger partial charge on any atom is -0.493 e. The smallest absolute Gasteiger partial charge is 0.261 e. The lowest BCUT2D eigenvalue weighted by Gasteiger charge is -2.19. The number of amides is 1. The molecule has 0 saturated carbocycles. The number of hydrogen-bond acceptors (Lipinski definition) is 5. The van der Waals surface area contributed by atoms with E-state index >= 15 is 0 Å². The van der Waals surface area contributed by atoms with Crippen LogP contribution in [0.4, 0.5) is 0 Å². The Kier molecular flexibility index (Phi) is 6.62. The van der Waals surface area contributed by atoms with Crippen molar-refractivity contribution in [1.82, 2.24) is 5.32 Å². The standard InChI is InChI=1S/C20H24ClNO5S/c1-20(2,3)15-8-6-13(7-9-15)19(23)22-12-14-10-16(26-4)17(27-5)11-18(14)28(21,24)25/h6-11H,12H2,1-5H3,(H,22,23). The monoisotopic (exact) mass is 425 g/mol. The van der Waals surface area contributed by atoms with Crippen molar-refractivity contribution in [3.05, 3.63) is 53.1 Å². The normalized spacial score (nSPS) is 11.8. The second-order valence-electron chi connectivity index (χ2n) is 7.26. The molecule has 1 N–H and O–H groups in total. The number of rotatable bonds is 6. The van der Waals surface area contributed by atoms with Crippen molar-refractivity contribution in [3.8, 4) is 11.5 Å². The third-order valence-electron chi connectivity index (χ3n) is 4.28. The first-order valence-corrected chi connectivity index (χ1v) is 10.9. The highest BCUT2D eigenvalue weighted by atomic mass is 35.7. The lowest BCUT2D eigenvalue weighted by molar-refractivity contribution is 0.0950.